The average Bonchev–Trinajstić information content (AvgIpc) is 2.58. The van der Waals surface area contributed by atoms with Crippen LogP contribution in [0.5, 0.6) is 0 Å². The number of aryl methyl sites for hydroxylation is 1. The van der Waals surface area contributed by atoms with Gasteiger partial charge < -0.3 is 10.2 Å². The number of nitrogens with zero attached hydrogens (tertiary/aromatic N) is 2. The Bertz CT molecular complexity index is 586. The molecule has 1 N–H and O–H groups in total. The first-order valence-electron chi connectivity index (χ1n) is 6.62. The van der Waals surface area contributed by atoms with Crippen LogP contribution in [-0.2, 0) is 16.4 Å². The number of amides is 2. The highest BCUT2D eigenvalue weighted by Gasteiger charge is 2.22. The maximum Gasteiger partial charge on any atom is 0.317 e. The molecule has 2 amide bonds. The second kappa shape index (κ2) is 6.21. The van der Waals surface area contributed by atoms with Crippen LogP contribution < -0.4 is 5.32 Å². The third kappa shape index (κ3) is 3.93. The molecule has 1 saturated heterocycles. The smallest absolute Gasteiger partial charge is 0.317 e. The maximum absolute atomic E-state index is 12.0. The zero-order valence-corrected chi connectivity index (χ0v) is 12.3. The molecule has 0 spiro atoms. The molecule has 110 valence electrons. The van der Waals surface area contributed by atoms with E-state index < -0.39 is 9.84 Å². The third-order valence-electron chi connectivity index (χ3n) is 3.37. The fraction of sp³-hybridized carbons (Fsp3) is 0.538. The van der Waals surface area contributed by atoms with Gasteiger partial charge in [-0.05, 0) is 25.0 Å². The van der Waals surface area contributed by atoms with Crippen LogP contribution in [-0.4, -0.2) is 48.9 Å². The zero-order chi connectivity index (χ0) is 14.6. The second-order valence-corrected chi connectivity index (χ2v) is 7.22. The maximum atomic E-state index is 12.0. The average molecular weight is 297 g/mol. The number of hydrogen-bond acceptors (Lipinski definition) is 4. The summed E-state index contributed by atoms with van der Waals surface area (Å²) in [4.78, 5) is 17.8. The van der Waals surface area contributed by atoms with Gasteiger partial charge in [-0.25, -0.2) is 13.2 Å². The van der Waals surface area contributed by atoms with Crippen LogP contribution in [0.2, 0.25) is 0 Å². The molecule has 0 aromatic carbocycles. The summed E-state index contributed by atoms with van der Waals surface area (Å²) in [5.41, 5.74) is 1.84. The van der Waals surface area contributed by atoms with Crippen molar-refractivity contribution >= 4 is 15.9 Å². The number of carbonyl (C=O) groups excluding carboxylic acids is 1. The third-order valence-corrected chi connectivity index (χ3v) is 5.08. The number of rotatable bonds is 2. The quantitative estimate of drug-likeness (QED) is 0.872. The number of nitrogens with one attached hydrogen (secondary N) is 1. The molecule has 2 rings (SSSR count). The van der Waals surface area contributed by atoms with Crippen molar-refractivity contribution in [3.63, 3.8) is 0 Å². The van der Waals surface area contributed by atoms with E-state index in [4.69, 9.17) is 0 Å². The van der Waals surface area contributed by atoms with Crippen LogP contribution in [0.3, 0.4) is 0 Å². The lowest BCUT2D eigenvalue weighted by atomic mass is 10.2. The van der Waals surface area contributed by atoms with E-state index >= 15 is 0 Å². The topological polar surface area (TPSA) is 79.4 Å². The van der Waals surface area contributed by atoms with E-state index in [1.807, 2.05) is 19.1 Å². The second-order valence-electron chi connectivity index (χ2n) is 4.92. The number of aromatic nitrogens is 1. The Morgan fingerprint density at radius 1 is 1.40 bits per heavy atom. The summed E-state index contributed by atoms with van der Waals surface area (Å²) < 4.78 is 23.0. The molecule has 1 aliphatic heterocycles. The summed E-state index contributed by atoms with van der Waals surface area (Å²) in [5, 5.41) is 2.79. The number of sulfone groups is 1. The molecule has 1 aromatic heterocycles. The lowest BCUT2D eigenvalue weighted by molar-refractivity contribution is 0.201. The first kappa shape index (κ1) is 14.8. The van der Waals surface area contributed by atoms with Crippen LogP contribution in [0.25, 0.3) is 0 Å². The lowest BCUT2D eigenvalue weighted by Gasteiger charge is -2.20. The normalized spacial score (nSPS) is 18.4. The highest BCUT2D eigenvalue weighted by molar-refractivity contribution is 7.91. The van der Waals surface area contributed by atoms with Gasteiger partial charge in [-0.2, -0.15) is 0 Å². The number of urea groups is 1. The Kier molecular flexibility index (Phi) is 4.59. The molecular weight excluding hydrogens is 278 g/mol. The number of carbonyl (C=O) groups is 1. The van der Waals surface area contributed by atoms with Gasteiger partial charge in [-0.3, -0.25) is 4.98 Å². The van der Waals surface area contributed by atoms with Crippen molar-refractivity contribution in [3.8, 4) is 0 Å². The van der Waals surface area contributed by atoms with Crippen LogP contribution in [0.4, 0.5) is 4.79 Å². The minimum Gasteiger partial charge on any atom is -0.332 e. The van der Waals surface area contributed by atoms with Gasteiger partial charge in [-0.15, -0.1) is 0 Å². The fourth-order valence-corrected chi connectivity index (χ4v) is 3.39. The van der Waals surface area contributed by atoms with E-state index in [9.17, 15) is 13.2 Å². The van der Waals surface area contributed by atoms with Gasteiger partial charge in [-0.1, -0.05) is 6.07 Å². The van der Waals surface area contributed by atoms with Crippen molar-refractivity contribution in [2.75, 3.05) is 24.6 Å². The molecule has 2 heterocycles. The van der Waals surface area contributed by atoms with Crippen molar-refractivity contribution in [2.45, 2.75) is 19.9 Å². The molecule has 1 aromatic rings. The lowest BCUT2D eigenvalue weighted by Crippen LogP contribution is -2.41. The predicted molar refractivity (Wildman–Crippen MR) is 76.1 cm³/mol. The minimum absolute atomic E-state index is 0.0447. The molecule has 20 heavy (non-hydrogen) atoms. The van der Waals surface area contributed by atoms with Crippen LogP contribution in [0.1, 0.15) is 17.7 Å². The SMILES string of the molecule is Cc1cccnc1CNC(=O)N1CCCS(=O)(=O)CC1. The van der Waals surface area contributed by atoms with Crippen LogP contribution in [0, 0.1) is 6.92 Å². The van der Waals surface area contributed by atoms with Gasteiger partial charge in [0.25, 0.3) is 0 Å². The first-order chi connectivity index (χ1) is 9.48. The van der Waals surface area contributed by atoms with Crippen molar-refractivity contribution in [3.05, 3.63) is 29.6 Å². The zero-order valence-electron chi connectivity index (χ0n) is 11.5. The van der Waals surface area contributed by atoms with Gasteiger partial charge in [0.2, 0.25) is 0 Å². The largest absolute Gasteiger partial charge is 0.332 e. The molecule has 6 nitrogen and oxygen atoms in total. The Hall–Kier alpha value is -1.63. The van der Waals surface area contributed by atoms with Crippen molar-refractivity contribution in [2.24, 2.45) is 0 Å². The fourth-order valence-electron chi connectivity index (χ4n) is 2.12. The monoisotopic (exact) mass is 297 g/mol. The molecule has 0 bridgehead atoms. The Morgan fingerprint density at radius 2 is 2.20 bits per heavy atom. The predicted octanol–water partition coefficient (Wildman–Crippen LogP) is 0.720. The van der Waals surface area contributed by atoms with E-state index in [2.05, 4.69) is 10.3 Å². The van der Waals surface area contributed by atoms with E-state index in [0.29, 0.717) is 19.5 Å². The van der Waals surface area contributed by atoms with Gasteiger partial charge in [0, 0.05) is 19.3 Å². The number of hydrogen-bond donors (Lipinski definition) is 1. The molecule has 0 unspecified atom stereocenters. The summed E-state index contributed by atoms with van der Waals surface area (Å²) in [6, 6.07) is 3.56. The van der Waals surface area contributed by atoms with Crippen molar-refractivity contribution < 1.29 is 13.2 Å². The van der Waals surface area contributed by atoms with Crippen LogP contribution >= 0.6 is 0 Å². The summed E-state index contributed by atoms with van der Waals surface area (Å²) in [6.07, 6.45) is 2.19. The molecule has 1 aliphatic rings. The molecule has 0 radical (unpaired) electrons. The highest BCUT2D eigenvalue weighted by atomic mass is 32.2. The standard InChI is InChI=1S/C13H19N3O3S/c1-11-4-2-5-14-12(11)10-15-13(17)16-6-3-8-20(18,19)9-7-16/h2,4-5H,3,6-10H2,1H3,(H,15,17). The Morgan fingerprint density at radius 3 is 2.95 bits per heavy atom. The van der Waals surface area contributed by atoms with Crippen LogP contribution in [0.15, 0.2) is 18.3 Å². The Balaban J connectivity index is 1.91. The minimum atomic E-state index is -2.99. The van der Waals surface area contributed by atoms with Gasteiger partial charge >= 0.3 is 6.03 Å². The van der Waals surface area contributed by atoms with E-state index in [1.165, 1.54) is 0 Å². The molecule has 0 atom stereocenters. The van der Waals surface area contributed by atoms with Gasteiger partial charge in [0.05, 0.1) is 23.7 Å². The summed E-state index contributed by atoms with van der Waals surface area (Å²) in [6.45, 7) is 3.03. The molecule has 0 aliphatic carbocycles. The van der Waals surface area contributed by atoms with E-state index in [-0.39, 0.29) is 24.1 Å². The number of pyridine rings is 1. The van der Waals surface area contributed by atoms with Crippen molar-refractivity contribution in [1.82, 2.24) is 15.2 Å². The van der Waals surface area contributed by atoms with Gasteiger partial charge in [0.1, 0.15) is 0 Å². The molecule has 1 fully saturated rings. The Labute approximate surface area is 119 Å². The summed E-state index contributed by atoms with van der Waals surface area (Å²) in [7, 11) is -2.99. The summed E-state index contributed by atoms with van der Waals surface area (Å²) in [5.74, 6) is 0.208. The van der Waals surface area contributed by atoms with E-state index in [1.54, 1.807) is 11.1 Å². The van der Waals surface area contributed by atoms with Crippen molar-refractivity contribution in [1.29, 1.82) is 0 Å². The molecule has 0 saturated carbocycles. The first-order valence-corrected chi connectivity index (χ1v) is 8.44. The van der Waals surface area contributed by atoms with E-state index in [0.717, 1.165) is 11.3 Å². The summed E-state index contributed by atoms with van der Waals surface area (Å²) >= 11 is 0. The molecule has 7 heteroatoms. The molecular formula is C13H19N3O3S. The van der Waals surface area contributed by atoms with Gasteiger partial charge in [0.15, 0.2) is 9.84 Å². The highest BCUT2D eigenvalue weighted by Crippen LogP contribution is 2.06.